The lowest BCUT2D eigenvalue weighted by Crippen LogP contribution is -2.38. The van der Waals surface area contributed by atoms with Crippen LogP contribution in [0.3, 0.4) is 0 Å². The van der Waals surface area contributed by atoms with Gasteiger partial charge in [0, 0.05) is 36.2 Å². The number of aliphatic hydroxyl groups is 1. The number of piperidine rings is 1. The van der Waals surface area contributed by atoms with E-state index >= 15 is 0 Å². The molecule has 1 fully saturated rings. The van der Waals surface area contributed by atoms with Gasteiger partial charge in [0.25, 0.3) is 0 Å². The van der Waals surface area contributed by atoms with Gasteiger partial charge in [-0.15, -0.1) is 0 Å². The maximum Gasteiger partial charge on any atom is 0.0570 e. The molecule has 1 saturated heterocycles. The van der Waals surface area contributed by atoms with Gasteiger partial charge >= 0.3 is 0 Å². The van der Waals surface area contributed by atoms with Crippen molar-refractivity contribution in [1.29, 1.82) is 0 Å². The van der Waals surface area contributed by atoms with Crippen molar-refractivity contribution in [2.24, 2.45) is 0 Å². The van der Waals surface area contributed by atoms with Crippen LogP contribution in [0.4, 0.5) is 0 Å². The van der Waals surface area contributed by atoms with Gasteiger partial charge < -0.3 is 10.1 Å². The highest BCUT2D eigenvalue weighted by molar-refractivity contribution is 5.86. The molecular formula is C22H26N2O. The molecule has 0 bridgehead atoms. The Morgan fingerprint density at radius 2 is 1.92 bits per heavy atom. The Labute approximate surface area is 149 Å². The van der Waals surface area contributed by atoms with Crippen LogP contribution in [0.1, 0.15) is 41.1 Å². The minimum absolute atomic E-state index is 0.201. The summed E-state index contributed by atoms with van der Waals surface area (Å²) in [6.45, 7) is 6.23. The third-order valence-corrected chi connectivity index (χ3v) is 5.61. The third-order valence-electron chi connectivity index (χ3n) is 5.61. The van der Waals surface area contributed by atoms with Gasteiger partial charge in [-0.05, 0) is 55.0 Å². The number of aromatic amines is 1. The number of rotatable bonds is 3. The smallest absolute Gasteiger partial charge is 0.0570 e. The van der Waals surface area contributed by atoms with Gasteiger partial charge in [0.2, 0.25) is 0 Å². The maximum atomic E-state index is 10.2. The molecule has 3 nitrogen and oxygen atoms in total. The fourth-order valence-corrected chi connectivity index (χ4v) is 4.26. The Balaban J connectivity index is 1.70. The molecule has 4 rings (SSSR count). The number of aliphatic hydroxyl groups excluding tert-OH is 1. The van der Waals surface area contributed by atoms with Crippen molar-refractivity contribution in [3.63, 3.8) is 0 Å². The highest BCUT2D eigenvalue weighted by Gasteiger charge is 2.29. The minimum atomic E-state index is -0.201. The Bertz CT molecular complexity index is 868. The minimum Gasteiger partial charge on any atom is -0.393 e. The summed E-state index contributed by atoms with van der Waals surface area (Å²) < 4.78 is 0. The molecule has 2 N–H and O–H groups in total. The quantitative estimate of drug-likeness (QED) is 0.741. The molecule has 0 unspecified atom stereocenters. The predicted octanol–water partition coefficient (Wildman–Crippen LogP) is 4.48. The highest BCUT2D eigenvalue weighted by Crippen LogP contribution is 2.34. The van der Waals surface area contributed by atoms with E-state index in [1.54, 1.807) is 0 Å². The van der Waals surface area contributed by atoms with Crippen LogP contribution in [0.25, 0.3) is 10.9 Å². The Morgan fingerprint density at radius 3 is 2.72 bits per heavy atom. The lowest BCUT2D eigenvalue weighted by Gasteiger charge is -2.38. The molecular weight excluding hydrogens is 308 g/mol. The third kappa shape index (κ3) is 3.10. The van der Waals surface area contributed by atoms with E-state index in [0.29, 0.717) is 0 Å². The van der Waals surface area contributed by atoms with Crippen molar-refractivity contribution in [3.8, 4) is 0 Å². The summed E-state index contributed by atoms with van der Waals surface area (Å²) in [5.41, 5.74) is 6.60. The first kappa shape index (κ1) is 16.4. The number of benzene rings is 2. The standard InChI is InChI=1S/C22H26N2O/c1-15-12-16(2)22-19(8-10-23-22)20(15)14-24-11-9-18(25)13-21(24)17-6-4-3-5-7-17/h3-8,10,12,18,21,23,25H,9,11,13-14H2,1-2H3/t18-,21-/m1/s1. The first-order valence-corrected chi connectivity index (χ1v) is 9.16. The number of H-pyrrole nitrogens is 1. The fourth-order valence-electron chi connectivity index (χ4n) is 4.26. The van der Waals surface area contributed by atoms with E-state index in [1.807, 2.05) is 6.20 Å². The zero-order chi connectivity index (χ0) is 17.4. The van der Waals surface area contributed by atoms with Crippen LogP contribution in [-0.4, -0.2) is 27.6 Å². The molecule has 1 aliphatic heterocycles. The van der Waals surface area contributed by atoms with E-state index in [9.17, 15) is 5.11 Å². The first-order valence-electron chi connectivity index (χ1n) is 9.16. The van der Waals surface area contributed by atoms with Crippen LogP contribution < -0.4 is 0 Å². The molecule has 2 aromatic carbocycles. The fraction of sp³-hybridized carbons (Fsp3) is 0.364. The van der Waals surface area contributed by atoms with Gasteiger partial charge in [-0.25, -0.2) is 0 Å². The number of fused-ring (bicyclic) bond motifs is 1. The number of likely N-dealkylation sites (tertiary alicyclic amines) is 1. The van der Waals surface area contributed by atoms with Crippen molar-refractivity contribution in [2.45, 2.75) is 45.4 Å². The van der Waals surface area contributed by atoms with Gasteiger partial charge in [0.15, 0.2) is 0 Å². The number of nitrogens with one attached hydrogen (secondary N) is 1. The monoisotopic (exact) mass is 334 g/mol. The number of nitrogens with zero attached hydrogens (tertiary/aromatic N) is 1. The van der Waals surface area contributed by atoms with Crippen LogP contribution >= 0.6 is 0 Å². The van der Waals surface area contributed by atoms with Crippen molar-refractivity contribution < 1.29 is 5.11 Å². The molecule has 1 aromatic heterocycles. The van der Waals surface area contributed by atoms with Crippen LogP contribution in [0, 0.1) is 13.8 Å². The number of hydrogen-bond donors (Lipinski definition) is 2. The molecule has 3 heteroatoms. The van der Waals surface area contributed by atoms with E-state index in [2.05, 4.69) is 66.2 Å². The van der Waals surface area contributed by atoms with Crippen LogP contribution in [0.15, 0.2) is 48.7 Å². The Morgan fingerprint density at radius 1 is 1.12 bits per heavy atom. The van der Waals surface area contributed by atoms with E-state index in [-0.39, 0.29) is 12.1 Å². The van der Waals surface area contributed by atoms with Gasteiger partial charge in [0.1, 0.15) is 0 Å². The van der Waals surface area contributed by atoms with Crippen LogP contribution in [0.5, 0.6) is 0 Å². The average molecular weight is 334 g/mol. The van der Waals surface area contributed by atoms with Crippen molar-refractivity contribution in [1.82, 2.24) is 9.88 Å². The first-order chi connectivity index (χ1) is 12.1. The molecule has 130 valence electrons. The zero-order valence-electron chi connectivity index (χ0n) is 15.0. The summed E-state index contributed by atoms with van der Waals surface area (Å²) in [6.07, 6.45) is 3.50. The van der Waals surface area contributed by atoms with Gasteiger partial charge in [0.05, 0.1) is 6.10 Å². The lowest BCUT2D eigenvalue weighted by molar-refractivity contribution is 0.0365. The number of hydrogen-bond acceptors (Lipinski definition) is 2. The number of aromatic nitrogens is 1. The molecule has 0 radical (unpaired) electrons. The highest BCUT2D eigenvalue weighted by atomic mass is 16.3. The second-order valence-corrected chi connectivity index (χ2v) is 7.33. The van der Waals surface area contributed by atoms with Gasteiger partial charge in [-0.3, -0.25) is 4.90 Å². The van der Waals surface area contributed by atoms with Crippen molar-refractivity contribution >= 4 is 10.9 Å². The molecule has 0 aliphatic carbocycles. The molecule has 25 heavy (non-hydrogen) atoms. The predicted molar refractivity (Wildman–Crippen MR) is 103 cm³/mol. The number of aryl methyl sites for hydroxylation is 2. The van der Waals surface area contributed by atoms with Crippen LogP contribution in [0.2, 0.25) is 0 Å². The Hall–Kier alpha value is -2.10. The van der Waals surface area contributed by atoms with Gasteiger partial charge in [-0.2, -0.15) is 0 Å². The molecule has 1 aliphatic rings. The summed E-state index contributed by atoms with van der Waals surface area (Å²) in [5.74, 6) is 0. The van der Waals surface area contributed by atoms with Crippen molar-refractivity contribution in [3.05, 3.63) is 70.9 Å². The zero-order valence-corrected chi connectivity index (χ0v) is 15.0. The molecule has 2 heterocycles. The second kappa shape index (κ2) is 6.66. The summed E-state index contributed by atoms with van der Waals surface area (Å²) in [4.78, 5) is 5.92. The molecule has 0 amide bonds. The molecule has 2 atom stereocenters. The SMILES string of the molecule is Cc1cc(C)c2[nH]ccc2c1CN1CC[C@@H](O)C[C@@H]1c1ccccc1. The molecule has 0 saturated carbocycles. The largest absolute Gasteiger partial charge is 0.393 e. The lowest BCUT2D eigenvalue weighted by atomic mass is 9.91. The summed E-state index contributed by atoms with van der Waals surface area (Å²) in [5, 5.41) is 11.6. The summed E-state index contributed by atoms with van der Waals surface area (Å²) >= 11 is 0. The topological polar surface area (TPSA) is 39.3 Å². The second-order valence-electron chi connectivity index (χ2n) is 7.33. The summed E-state index contributed by atoms with van der Waals surface area (Å²) in [7, 11) is 0. The van der Waals surface area contributed by atoms with Crippen molar-refractivity contribution in [2.75, 3.05) is 6.54 Å². The Kier molecular flexibility index (Phi) is 4.36. The normalized spacial score (nSPS) is 21.7. The maximum absolute atomic E-state index is 10.2. The van der Waals surface area contributed by atoms with E-state index < -0.39 is 0 Å². The summed E-state index contributed by atoms with van der Waals surface area (Å²) in [6, 6.07) is 15.4. The molecule has 3 aromatic rings. The van der Waals surface area contributed by atoms with Crippen LogP contribution in [-0.2, 0) is 6.54 Å². The van der Waals surface area contributed by atoms with E-state index in [0.717, 1.165) is 25.9 Å². The molecule has 0 spiro atoms. The van der Waals surface area contributed by atoms with E-state index in [4.69, 9.17) is 0 Å². The average Bonchev–Trinajstić information content (AvgIpc) is 3.10. The van der Waals surface area contributed by atoms with E-state index in [1.165, 1.54) is 33.2 Å². The van der Waals surface area contributed by atoms with Gasteiger partial charge in [-0.1, -0.05) is 36.4 Å².